The Labute approximate surface area is 164 Å². The lowest BCUT2D eigenvalue weighted by Gasteiger charge is -2.15. The van der Waals surface area contributed by atoms with Gasteiger partial charge in [-0.1, -0.05) is 17.7 Å². The smallest absolute Gasteiger partial charge is 0.156 e. The van der Waals surface area contributed by atoms with Crippen LogP contribution in [0.5, 0.6) is 0 Å². The molecule has 146 valence electrons. The fraction of sp³-hybridized carbons (Fsp3) is 0.450. The first kappa shape index (κ1) is 21.3. The lowest BCUT2D eigenvalue weighted by Crippen LogP contribution is -2.15. The van der Waals surface area contributed by atoms with Gasteiger partial charge in [-0.25, -0.2) is 9.97 Å². The van der Waals surface area contributed by atoms with Gasteiger partial charge in [0.1, 0.15) is 17.1 Å². The molecular formula is C20H27ClN4O2. The largest absolute Gasteiger partial charge is 0.366 e. The van der Waals surface area contributed by atoms with Gasteiger partial charge >= 0.3 is 0 Å². The second kappa shape index (κ2) is 9.26. The number of fused-ring (bicyclic) bond motifs is 1. The molecule has 1 fully saturated rings. The summed E-state index contributed by atoms with van der Waals surface area (Å²) in [4.78, 5) is 12.3. The van der Waals surface area contributed by atoms with Crippen LogP contribution in [0.4, 0.5) is 0 Å². The third-order valence-corrected chi connectivity index (χ3v) is 4.74. The molecule has 2 aromatic heterocycles. The molecule has 6 nitrogen and oxygen atoms in total. The van der Waals surface area contributed by atoms with Crippen LogP contribution in [0.25, 0.3) is 11.0 Å². The van der Waals surface area contributed by atoms with Crippen molar-refractivity contribution in [3.05, 3.63) is 47.7 Å². The lowest BCUT2D eigenvalue weighted by molar-refractivity contribution is -0.127. The maximum atomic E-state index is 8.08. The first-order valence-corrected chi connectivity index (χ1v) is 9.32. The molecule has 1 saturated carbocycles. The molecule has 0 radical (unpaired) electrons. The van der Waals surface area contributed by atoms with Crippen LogP contribution in [0.3, 0.4) is 0 Å². The third-order valence-electron chi connectivity index (χ3n) is 4.44. The third kappa shape index (κ3) is 5.99. The topological polar surface area (TPSA) is 83.5 Å². The minimum absolute atomic E-state index is 0.452. The number of rotatable bonds is 4. The highest BCUT2D eigenvalue weighted by atomic mass is 35.5. The van der Waals surface area contributed by atoms with E-state index < -0.39 is 5.79 Å². The lowest BCUT2D eigenvalue weighted by atomic mass is 9.97. The second-order valence-electron chi connectivity index (χ2n) is 7.07. The summed E-state index contributed by atoms with van der Waals surface area (Å²) < 4.78 is 2.24. The molecule has 0 saturated heterocycles. The molecule has 7 heteroatoms. The Morgan fingerprint density at radius 3 is 2.70 bits per heavy atom. The molecule has 1 aliphatic rings. The van der Waals surface area contributed by atoms with E-state index in [0.29, 0.717) is 17.1 Å². The normalized spacial score (nSPS) is 20.7. The summed E-state index contributed by atoms with van der Waals surface area (Å²) in [6.07, 6.45) is 13.0. The molecule has 2 N–H and O–H groups in total. The summed E-state index contributed by atoms with van der Waals surface area (Å²) in [5.74, 6) is -0.942. The Morgan fingerprint density at radius 2 is 2.07 bits per heavy atom. The zero-order valence-electron chi connectivity index (χ0n) is 16.0. The summed E-state index contributed by atoms with van der Waals surface area (Å²) in [6.45, 7) is 8.17. The van der Waals surface area contributed by atoms with Gasteiger partial charge in [-0.15, -0.1) is 0 Å². The highest BCUT2D eigenvalue weighted by molar-refractivity contribution is 6.33. The average Bonchev–Trinajstić information content (AvgIpc) is 3.21. The predicted molar refractivity (Wildman–Crippen MR) is 110 cm³/mol. The van der Waals surface area contributed by atoms with Crippen LogP contribution in [0.1, 0.15) is 46.1 Å². The van der Waals surface area contributed by atoms with E-state index in [1.807, 2.05) is 6.07 Å². The van der Waals surface area contributed by atoms with Crippen molar-refractivity contribution in [2.75, 3.05) is 0 Å². The van der Waals surface area contributed by atoms with Crippen molar-refractivity contribution in [2.24, 2.45) is 10.9 Å². The molecular weight excluding hydrogens is 364 g/mol. The molecule has 0 bridgehead atoms. The van der Waals surface area contributed by atoms with Crippen LogP contribution in [0.2, 0.25) is 5.15 Å². The summed E-state index contributed by atoms with van der Waals surface area (Å²) >= 11 is 6.14. The first-order chi connectivity index (χ1) is 12.7. The summed E-state index contributed by atoms with van der Waals surface area (Å²) in [6, 6.07) is 2.46. The fourth-order valence-electron chi connectivity index (χ4n) is 3.35. The van der Waals surface area contributed by atoms with E-state index >= 15 is 0 Å². The number of aromatic nitrogens is 3. The maximum Gasteiger partial charge on any atom is 0.156 e. The van der Waals surface area contributed by atoms with Gasteiger partial charge in [0.2, 0.25) is 0 Å². The van der Waals surface area contributed by atoms with Crippen LogP contribution in [-0.2, 0) is 0 Å². The van der Waals surface area contributed by atoms with Gasteiger partial charge in [0.15, 0.2) is 5.79 Å². The monoisotopic (exact) mass is 390 g/mol. The molecule has 3 rings (SSSR count). The number of allylic oxidation sites excluding steroid dienone is 3. The van der Waals surface area contributed by atoms with Gasteiger partial charge in [-0.05, 0) is 70.4 Å². The fourth-order valence-corrected chi connectivity index (χ4v) is 3.55. The second-order valence-corrected chi connectivity index (χ2v) is 7.43. The van der Waals surface area contributed by atoms with Crippen molar-refractivity contribution in [3.8, 4) is 0 Å². The Morgan fingerprint density at radius 1 is 1.37 bits per heavy atom. The van der Waals surface area contributed by atoms with Gasteiger partial charge in [0.25, 0.3) is 0 Å². The van der Waals surface area contributed by atoms with E-state index in [1.165, 1.54) is 32.2 Å². The summed E-state index contributed by atoms with van der Waals surface area (Å²) in [7, 11) is 0. The number of hydrogen-bond acceptors (Lipinski definition) is 5. The zero-order valence-corrected chi connectivity index (χ0v) is 16.8. The van der Waals surface area contributed by atoms with Crippen LogP contribution >= 0.6 is 11.6 Å². The van der Waals surface area contributed by atoms with Gasteiger partial charge in [-0.3, -0.25) is 4.99 Å². The molecule has 27 heavy (non-hydrogen) atoms. The number of hydrogen-bond donors (Lipinski definition) is 2. The van der Waals surface area contributed by atoms with E-state index in [-0.39, 0.29) is 0 Å². The molecule has 1 aliphatic carbocycles. The number of nitrogens with zero attached hydrogens (tertiary/aromatic N) is 4. The van der Waals surface area contributed by atoms with E-state index in [2.05, 4.69) is 51.5 Å². The van der Waals surface area contributed by atoms with Crippen molar-refractivity contribution >= 4 is 29.4 Å². The molecule has 0 spiro atoms. The van der Waals surface area contributed by atoms with Gasteiger partial charge in [-0.2, -0.15) is 0 Å². The Bertz CT molecular complexity index is 830. The quantitative estimate of drug-likeness (QED) is 0.353. The van der Waals surface area contributed by atoms with Crippen molar-refractivity contribution < 1.29 is 10.2 Å². The maximum absolute atomic E-state index is 8.08. The molecule has 0 aliphatic heterocycles. The van der Waals surface area contributed by atoms with Gasteiger partial charge < -0.3 is 14.8 Å². The van der Waals surface area contributed by atoms with Gasteiger partial charge in [0, 0.05) is 18.4 Å². The highest BCUT2D eigenvalue weighted by Gasteiger charge is 2.28. The molecule has 2 aromatic rings. The molecule has 0 amide bonds. The summed E-state index contributed by atoms with van der Waals surface area (Å²) in [5.41, 5.74) is 2.26. The van der Waals surface area contributed by atoms with Crippen molar-refractivity contribution in [1.29, 1.82) is 0 Å². The van der Waals surface area contributed by atoms with Crippen LogP contribution in [0, 0.1) is 5.92 Å². The first-order valence-electron chi connectivity index (χ1n) is 8.95. The standard InChI is InChI=1S/C17H19ClN4.C3H8O2/c1-3-12(6-8-19-2)13-4-5-14(10-13)22-9-7-15-16(18)20-11-21-17(15)22;1-3(2,4)5/h3,6-9,11,13-14H,2,4-5,10H2,1H3;4-5H,1-2H3/b8-6-,12-3+;. The average molecular weight is 391 g/mol. The minimum atomic E-state index is -1.50. The van der Waals surface area contributed by atoms with Crippen molar-refractivity contribution in [3.63, 3.8) is 0 Å². The molecule has 2 atom stereocenters. The van der Waals surface area contributed by atoms with E-state index in [4.69, 9.17) is 21.8 Å². The number of halogens is 1. The van der Waals surface area contributed by atoms with Crippen molar-refractivity contribution in [2.45, 2.75) is 51.9 Å². The Balaban J connectivity index is 0.000000465. The van der Waals surface area contributed by atoms with Crippen LogP contribution in [-0.4, -0.2) is 37.3 Å². The number of aliphatic imine (C=N–C) groups is 1. The minimum Gasteiger partial charge on any atom is -0.366 e. The highest BCUT2D eigenvalue weighted by Crippen LogP contribution is 2.40. The predicted octanol–water partition coefficient (Wildman–Crippen LogP) is 4.29. The van der Waals surface area contributed by atoms with E-state index in [0.717, 1.165) is 23.9 Å². The molecule has 0 aromatic carbocycles. The van der Waals surface area contributed by atoms with Crippen LogP contribution < -0.4 is 0 Å². The zero-order chi connectivity index (χ0) is 20.0. The molecule has 2 unspecified atom stereocenters. The van der Waals surface area contributed by atoms with E-state index in [9.17, 15) is 0 Å². The summed E-state index contributed by atoms with van der Waals surface area (Å²) in [5, 5.41) is 17.6. The Kier molecular flexibility index (Phi) is 7.30. The van der Waals surface area contributed by atoms with Gasteiger partial charge in [0.05, 0.1) is 5.39 Å². The van der Waals surface area contributed by atoms with E-state index in [1.54, 1.807) is 6.20 Å². The van der Waals surface area contributed by atoms with Crippen LogP contribution in [0.15, 0.2) is 47.5 Å². The SMILES string of the molecule is C=N/C=C\C(=C/C)C1CCC(n2ccc3c(Cl)ncnc32)C1.CC(C)(O)O. The number of aliphatic hydroxyl groups is 2. The Hall–Kier alpha value is -2.02. The molecule has 2 heterocycles. The van der Waals surface area contributed by atoms with Crippen molar-refractivity contribution in [1.82, 2.24) is 14.5 Å².